The zero-order chi connectivity index (χ0) is 13.4. The molecule has 2 N–H and O–H groups in total. The maximum Gasteiger partial charge on any atom is 0.336 e. The third-order valence-corrected chi connectivity index (χ3v) is 2.79. The Hall–Kier alpha value is -2.89. The smallest absolute Gasteiger partial charge is 0.336 e. The molecule has 0 spiro atoms. The minimum Gasteiger partial charge on any atom is -0.506 e. The molecule has 94 valence electrons. The predicted molar refractivity (Wildman–Crippen MR) is 67.0 cm³/mol. The number of fused-ring (bicyclic) bond motifs is 1. The molecule has 0 aliphatic heterocycles. The Morgan fingerprint density at radius 2 is 1.89 bits per heavy atom. The first-order valence-corrected chi connectivity index (χ1v) is 5.53. The van der Waals surface area contributed by atoms with Gasteiger partial charge < -0.3 is 10.2 Å². The van der Waals surface area contributed by atoms with Crippen LogP contribution < -0.4 is 0 Å². The van der Waals surface area contributed by atoms with E-state index in [2.05, 4.69) is 10.2 Å². The molecule has 6 heteroatoms. The Kier molecular flexibility index (Phi) is 2.42. The van der Waals surface area contributed by atoms with Gasteiger partial charge >= 0.3 is 5.97 Å². The van der Waals surface area contributed by atoms with E-state index in [4.69, 9.17) is 0 Å². The predicted octanol–water partition coefficient (Wildman–Crippen LogP) is 1.80. The monoisotopic (exact) mass is 255 g/mol. The van der Waals surface area contributed by atoms with Crippen LogP contribution in [-0.4, -0.2) is 30.8 Å². The van der Waals surface area contributed by atoms with Gasteiger partial charge in [-0.1, -0.05) is 18.2 Å². The molecule has 19 heavy (non-hydrogen) atoms. The molecule has 0 radical (unpaired) electrons. The number of hydrogen-bond donors (Lipinski definition) is 2. The van der Waals surface area contributed by atoms with Gasteiger partial charge in [-0.15, -0.1) is 10.2 Å². The summed E-state index contributed by atoms with van der Waals surface area (Å²) < 4.78 is 1.55. The molecule has 0 atom stereocenters. The molecule has 0 aliphatic rings. The quantitative estimate of drug-likeness (QED) is 0.729. The Balaban J connectivity index is 2.31. The molecule has 0 bridgehead atoms. The Labute approximate surface area is 107 Å². The molecular formula is C13H9N3O3. The number of carboxylic acid groups (broad SMARTS) is 1. The molecule has 0 unspecified atom stereocenters. The summed E-state index contributed by atoms with van der Waals surface area (Å²) in [6.45, 7) is 0. The van der Waals surface area contributed by atoms with E-state index >= 15 is 0 Å². The second kappa shape index (κ2) is 4.09. The highest BCUT2D eigenvalue weighted by atomic mass is 16.4. The third-order valence-electron chi connectivity index (χ3n) is 2.79. The fourth-order valence-corrected chi connectivity index (χ4v) is 1.93. The summed E-state index contributed by atoms with van der Waals surface area (Å²) in [5.74, 6) is -0.599. The van der Waals surface area contributed by atoms with E-state index in [9.17, 15) is 15.0 Å². The van der Waals surface area contributed by atoms with Crippen LogP contribution in [0.25, 0.3) is 17.0 Å². The lowest BCUT2D eigenvalue weighted by Gasteiger charge is -2.04. The van der Waals surface area contributed by atoms with Crippen molar-refractivity contribution in [3.8, 4) is 17.1 Å². The Morgan fingerprint density at radius 3 is 2.68 bits per heavy atom. The number of hydrogen-bond acceptors (Lipinski definition) is 4. The Bertz CT molecular complexity index is 780. The number of nitrogens with zero attached hydrogens (tertiary/aromatic N) is 3. The van der Waals surface area contributed by atoms with Gasteiger partial charge in [0, 0.05) is 5.56 Å². The first kappa shape index (κ1) is 11.2. The summed E-state index contributed by atoms with van der Waals surface area (Å²) in [7, 11) is 0. The van der Waals surface area contributed by atoms with E-state index in [0.717, 1.165) is 0 Å². The zero-order valence-corrected chi connectivity index (χ0v) is 9.69. The van der Waals surface area contributed by atoms with Gasteiger partial charge in [-0.05, 0) is 18.2 Å². The maximum absolute atomic E-state index is 11.2. The van der Waals surface area contributed by atoms with E-state index in [1.165, 1.54) is 18.3 Å². The Morgan fingerprint density at radius 1 is 1.11 bits per heavy atom. The summed E-state index contributed by atoms with van der Waals surface area (Å²) in [6, 6.07) is 9.64. The highest BCUT2D eigenvalue weighted by molar-refractivity contribution is 5.95. The van der Waals surface area contributed by atoms with Gasteiger partial charge in [0.15, 0.2) is 11.5 Å². The van der Waals surface area contributed by atoms with Crippen LogP contribution in [0.15, 0.2) is 42.6 Å². The first-order valence-electron chi connectivity index (χ1n) is 5.53. The molecule has 0 aliphatic carbocycles. The van der Waals surface area contributed by atoms with Crippen LogP contribution in [0.4, 0.5) is 0 Å². The van der Waals surface area contributed by atoms with Crippen LogP contribution in [-0.2, 0) is 0 Å². The summed E-state index contributed by atoms with van der Waals surface area (Å²) in [4.78, 5) is 11.2. The summed E-state index contributed by atoms with van der Waals surface area (Å²) in [5, 5.41) is 26.6. The molecule has 3 aromatic rings. The lowest BCUT2D eigenvalue weighted by molar-refractivity contribution is 0.0697. The van der Waals surface area contributed by atoms with Crippen molar-refractivity contribution in [2.45, 2.75) is 0 Å². The van der Waals surface area contributed by atoms with Gasteiger partial charge in [0.2, 0.25) is 0 Å². The van der Waals surface area contributed by atoms with Crippen LogP contribution in [0.2, 0.25) is 0 Å². The van der Waals surface area contributed by atoms with Crippen LogP contribution in [0.3, 0.4) is 0 Å². The molecule has 0 fully saturated rings. The number of carbonyl (C=O) groups is 1. The largest absolute Gasteiger partial charge is 0.506 e. The van der Waals surface area contributed by atoms with Gasteiger partial charge in [0.05, 0.1) is 11.8 Å². The van der Waals surface area contributed by atoms with E-state index in [1.807, 2.05) is 0 Å². The van der Waals surface area contributed by atoms with Gasteiger partial charge in [-0.3, -0.25) is 4.40 Å². The van der Waals surface area contributed by atoms with Crippen LogP contribution in [0.1, 0.15) is 10.4 Å². The number of aromatic carboxylic acids is 1. The fraction of sp³-hybridized carbons (Fsp3) is 0. The minimum atomic E-state index is -1.03. The minimum absolute atomic E-state index is 0.0568. The highest BCUT2D eigenvalue weighted by Crippen LogP contribution is 2.24. The van der Waals surface area contributed by atoms with Gasteiger partial charge in [-0.2, -0.15) is 0 Å². The molecule has 0 amide bonds. The number of pyridine rings is 1. The molecule has 6 nitrogen and oxygen atoms in total. The zero-order valence-electron chi connectivity index (χ0n) is 9.69. The van der Waals surface area contributed by atoms with E-state index in [-0.39, 0.29) is 11.3 Å². The van der Waals surface area contributed by atoms with E-state index in [1.54, 1.807) is 28.7 Å². The average Bonchev–Trinajstić information content (AvgIpc) is 2.81. The van der Waals surface area contributed by atoms with Crippen molar-refractivity contribution in [2.75, 3.05) is 0 Å². The van der Waals surface area contributed by atoms with Crippen LogP contribution in [0.5, 0.6) is 5.75 Å². The lowest BCUT2D eigenvalue weighted by atomic mass is 10.1. The summed E-state index contributed by atoms with van der Waals surface area (Å²) in [6.07, 6.45) is 1.45. The number of aromatic hydroxyl groups is 1. The molecule has 1 aromatic carbocycles. The van der Waals surface area contributed by atoms with Crippen molar-refractivity contribution in [3.05, 3.63) is 48.2 Å². The topological polar surface area (TPSA) is 87.7 Å². The van der Waals surface area contributed by atoms with Crippen molar-refractivity contribution >= 4 is 11.6 Å². The van der Waals surface area contributed by atoms with E-state index < -0.39 is 5.97 Å². The summed E-state index contributed by atoms with van der Waals surface area (Å²) in [5.41, 5.74) is 1.13. The SMILES string of the molecule is O=C(O)c1ccccc1-c1nnc2ccc(O)cn12. The van der Waals surface area contributed by atoms with Crippen LogP contribution >= 0.6 is 0 Å². The molecule has 3 rings (SSSR count). The summed E-state index contributed by atoms with van der Waals surface area (Å²) >= 11 is 0. The molecule has 2 aromatic heterocycles. The number of carboxylic acids is 1. The molecular weight excluding hydrogens is 246 g/mol. The standard InChI is InChI=1S/C13H9N3O3/c17-8-5-6-11-14-15-12(16(11)7-8)9-3-1-2-4-10(9)13(18)19/h1-7,17H,(H,18,19). The van der Waals surface area contributed by atoms with Gasteiger partial charge in [0.1, 0.15) is 5.75 Å². The first-order chi connectivity index (χ1) is 9.16. The van der Waals surface area contributed by atoms with Gasteiger partial charge in [0.25, 0.3) is 0 Å². The maximum atomic E-state index is 11.2. The van der Waals surface area contributed by atoms with Crippen LogP contribution in [0, 0.1) is 0 Å². The van der Waals surface area contributed by atoms with Gasteiger partial charge in [-0.25, -0.2) is 4.79 Å². The number of benzene rings is 1. The third kappa shape index (κ3) is 1.79. The molecule has 0 saturated heterocycles. The second-order valence-electron chi connectivity index (χ2n) is 3.99. The number of rotatable bonds is 2. The van der Waals surface area contributed by atoms with Crippen molar-refractivity contribution in [1.29, 1.82) is 0 Å². The normalized spacial score (nSPS) is 10.7. The average molecular weight is 255 g/mol. The van der Waals surface area contributed by atoms with Crippen molar-refractivity contribution in [2.24, 2.45) is 0 Å². The van der Waals surface area contributed by atoms with Crippen molar-refractivity contribution in [1.82, 2.24) is 14.6 Å². The molecule has 0 saturated carbocycles. The highest BCUT2D eigenvalue weighted by Gasteiger charge is 2.16. The lowest BCUT2D eigenvalue weighted by Crippen LogP contribution is -2.01. The van der Waals surface area contributed by atoms with E-state index in [0.29, 0.717) is 17.0 Å². The van der Waals surface area contributed by atoms with Crippen molar-refractivity contribution in [3.63, 3.8) is 0 Å². The number of aromatic nitrogens is 3. The van der Waals surface area contributed by atoms with Crippen molar-refractivity contribution < 1.29 is 15.0 Å². The molecule has 2 heterocycles. The fourth-order valence-electron chi connectivity index (χ4n) is 1.93. The second-order valence-corrected chi connectivity index (χ2v) is 3.99.